The molecular weight excluding hydrogens is 282 g/mol. The van der Waals surface area contributed by atoms with Gasteiger partial charge < -0.3 is 5.32 Å². The van der Waals surface area contributed by atoms with E-state index in [1.807, 2.05) is 0 Å². The molecule has 0 aliphatic carbocycles. The maximum Gasteiger partial charge on any atom is 0.107 e. The third kappa shape index (κ3) is 3.02. The summed E-state index contributed by atoms with van der Waals surface area (Å²) in [7, 11) is 0. The highest BCUT2D eigenvalue weighted by atomic mass is 32.1. The number of hydrogen-bond acceptors (Lipinski definition) is 5. The zero-order valence-electron chi connectivity index (χ0n) is 13.0. The van der Waals surface area contributed by atoms with Gasteiger partial charge >= 0.3 is 0 Å². The van der Waals surface area contributed by atoms with Gasteiger partial charge in [0.05, 0.1) is 17.9 Å². The average Bonchev–Trinajstić information content (AvgIpc) is 3.04. The number of nitrogens with zero attached hydrogens (tertiary/aromatic N) is 4. The molecule has 1 aliphatic heterocycles. The molecule has 2 aromatic rings. The molecule has 0 saturated carbocycles. The summed E-state index contributed by atoms with van der Waals surface area (Å²) < 4.78 is 2.06. The van der Waals surface area contributed by atoms with Gasteiger partial charge in [-0.1, -0.05) is 0 Å². The summed E-state index contributed by atoms with van der Waals surface area (Å²) in [6, 6.07) is 0. The van der Waals surface area contributed by atoms with E-state index in [9.17, 15) is 0 Å². The van der Waals surface area contributed by atoms with E-state index in [1.165, 1.54) is 16.3 Å². The Morgan fingerprint density at radius 3 is 2.71 bits per heavy atom. The summed E-state index contributed by atoms with van der Waals surface area (Å²) in [5.41, 5.74) is 4.59. The summed E-state index contributed by atoms with van der Waals surface area (Å²) in [4.78, 5) is 7.31. The molecule has 0 aromatic carbocycles. The second kappa shape index (κ2) is 6.25. The van der Waals surface area contributed by atoms with Crippen molar-refractivity contribution < 1.29 is 0 Å². The lowest BCUT2D eigenvalue weighted by molar-refractivity contribution is 0.233. The molecule has 3 heterocycles. The molecule has 3 rings (SSSR count). The van der Waals surface area contributed by atoms with Crippen LogP contribution in [0, 0.1) is 13.8 Å². The van der Waals surface area contributed by atoms with Crippen LogP contribution in [-0.2, 0) is 13.1 Å². The molecule has 1 saturated heterocycles. The monoisotopic (exact) mass is 305 g/mol. The highest BCUT2D eigenvalue weighted by Gasteiger charge is 2.17. The van der Waals surface area contributed by atoms with Crippen LogP contribution in [0.3, 0.4) is 0 Å². The van der Waals surface area contributed by atoms with Crippen LogP contribution in [0.2, 0.25) is 0 Å². The normalized spacial score (nSPS) is 16.5. The molecule has 0 bridgehead atoms. The van der Waals surface area contributed by atoms with E-state index < -0.39 is 0 Å². The minimum Gasteiger partial charge on any atom is -0.314 e. The number of thiazole rings is 1. The highest BCUT2D eigenvalue weighted by molar-refractivity contribution is 7.09. The summed E-state index contributed by atoms with van der Waals surface area (Å²) in [6.45, 7) is 12.6. The van der Waals surface area contributed by atoms with Crippen LogP contribution in [0.25, 0.3) is 11.3 Å². The Morgan fingerprint density at radius 1 is 1.29 bits per heavy atom. The molecule has 1 N–H and O–H groups in total. The lowest BCUT2D eigenvalue weighted by Gasteiger charge is -2.26. The third-order valence-electron chi connectivity index (χ3n) is 4.06. The van der Waals surface area contributed by atoms with Crippen LogP contribution in [0.5, 0.6) is 0 Å². The maximum absolute atomic E-state index is 4.85. The SMILES string of the molecule is CCn1nc(C)c(-c2csc(CN3CCNCC3)n2)c1C. The smallest absolute Gasteiger partial charge is 0.107 e. The molecule has 2 aromatic heterocycles. The van der Waals surface area contributed by atoms with Crippen molar-refractivity contribution in [2.45, 2.75) is 33.9 Å². The van der Waals surface area contributed by atoms with E-state index in [-0.39, 0.29) is 0 Å². The predicted octanol–water partition coefficient (Wildman–Crippen LogP) is 2.05. The second-order valence-electron chi connectivity index (χ2n) is 5.51. The number of nitrogens with one attached hydrogen (secondary N) is 1. The van der Waals surface area contributed by atoms with E-state index in [2.05, 4.69) is 46.1 Å². The molecule has 1 aliphatic rings. The number of aromatic nitrogens is 3. The van der Waals surface area contributed by atoms with E-state index in [1.54, 1.807) is 11.3 Å². The van der Waals surface area contributed by atoms with Crippen LogP contribution in [0.15, 0.2) is 5.38 Å². The standard InChI is InChI=1S/C15H23N5S/c1-4-20-12(3)15(11(2)18-20)13-10-21-14(17-13)9-19-7-5-16-6-8-19/h10,16H,4-9H2,1-3H3. The predicted molar refractivity (Wildman–Crippen MR) is 86.6 cm³/mol. The fourth-order valence-electron chi connectivity index (χ4n) is 2.93. The number of hydrogen-bond donors (Lipinski definition) is 1. The van der Waals surface area contributed by atoms with Crippen molar-refractivity contribution >= 4 is 11.3 Å². The molecule has 0 atom stereocenters. The Balaban J connectivity index is 1.79. The zero-order chi connectivity index (χ0) is 14.8. The van der Waals surface area contributed by atoms with Crippen LogP contribution in [-0.4, -0.2) is 45.8 Å². The molecule has 0 unspecified atom stereocenters. The molecule has 6 heteroatoms. The first kappa shape index (κ1) is 14.7. The highest BCUT2D eigenvalue weighted by Crippen LogP contribution is 2.28. The Morgan fingerprint density at radius 2 is 2.05 bits per heavy atom. The zero-order valence-corrected chi connectivity index (χ0v) is 13.8. The Bertz CT molecular complexity index is 610. The summed E-state index contributed by atoms with van der Waals surface area (Å²) in [5, 5.41) is 11.4. The quantitative estimate of drug-likeness (QED) is 0.939. The number of rotatable bonds is 4. The summed E-state index contributed by atoms with van der Waals surface area (Å²) in [6.07, 6.45) is 0. The topological polar surface area (TPSA) is 46.0 Å². The Labute approximate surface area is 130 Å². The molecule has 0 amide bonds. The fourth-order valence-corrected chi connectivity index (χ4v) is 3.76. The molecule has 21 heavy (non-hydrogen) atoms. The van der Waals surface area contributed by atoms with Gasteiger partial charge in [0.15, 0.2) is 0 Å². The van der Waals surface area contributed by atoms with Gasteiger partial charge in [0, 0.05) is 49.4 Å². The van der Waals surface area contributed by atoms with Crippen molar-refractivity contribution in [2.75, 3.05) is 26.2 Å². The summed E-state index contributed by atoms with van der Waals surface area (Å²) in [5.74, 6) is 0. The van der Waals surface area contributed by atoms with Crippen molar-refractivity contribution in [3.05, 3.63) is 21.8 Å². The molecule has 114 valence electrons. The van der Waals surface area contributed by atoms with Crippen LogP contribution in [0.1, 0.15) is 23.3 Å². The first-order valence-electron chi connectivity index (χ1n) is 7.61. The number of aryl methyl sites for hydroxylation is 2. The van der Waals surface area contributed by atoms with Gasteiger partial charge in [-0.2, -0.15) is 5.10 Å². The lowest BCUT2D eigenvalue weighted by Crippen LogP contribution is -2.42. The van der Waals surface area contributed by atoms with Gasteiger partial charge in [-0.15, -0.1) is 11.3 Å². The molecular formula is C15H23N5S. The van der Waals surface area contributed by atoms with Gasteiger partial charge in [-0.25, -0.2) is 4.98 Å². The van der Waals surface area contributed by atoms with Crippen LogP contribution in [0.4, 0.5) is 0 Å². The van der Waals surface area contributed by atoms with Gasteiger partial charge in [-0.3, -0.25) is 9.58 Å². The minimum absolute atomic E-state index is 0.907. The van der Waals surface area contributed by atoms with Crippen LogP contribution < -0.4 is 5.32 Å². The van der Waals surface area contributed by atoms with E-state index in [0.29, 0.717) is 0 Å². The van der Waals surface area contributed by atoms with Gasteiger partial charge in [-0.05, 0) is 20.8 Å². The fraction of sp³-hybridized carbons (Fsp3) is 0.600. The van der Waals surface area contributed by atoms with Crippen molar-refractivity contribution in [3.63, 3.8) is 0 Å². The largest absolute Gasteiger partial charge is 0.314 e. The maximum atomic E-state index is 4.85. The molecule has 1 fully saturated rings. The molecule has 0 radical (unpaired) electrons. The number of piperazine rings is 1. The van der Waals surface area contributed by atoms with E-state index in [0.717, 1.165) is 50.7 Å². The van der Waals surface area contributed by atoms with E-state index >= 15 is 0 Å². The average molecular weight is 305 g/mol. The van der Waals surface area contributed by atoms with E-state index in [4.69, 9.17) is 4.98 Å². The molecule has 5 nitrogen and oxygen atoms in total. The van der Waals surface area contributed by atoms with Crippen molar-refractivity contribution in [2.24, 2.45) is 0 Å². The minimum atomic E-state index is 0.907. The van der Waals surface area contributed by atoms with Gasteiger partial charge in [0.2, 0.25) is 0 Å². The molecule has 0 spiro atoms. The summed E-state index contributed by atoms with van der Waals surface area (Å²) >= 11 is 1.76. The first-order valence-corrected chi connectivity index (χ1v) is 8.49. The first-order chi connectivity index (χ1) is 10.2. The van der Waals surface area contributed by atoms with Crippen molar-refractivity contribution in [1.82, 2.24) is 25.0 Å². The van der Waals surface area contributed by atoms with Crippen molar-refractivity contribution in [1.29, 1.82) is 0 Å². The third-order valence-corrected chi connectivity index (χ3v) is 4.89. The lowest BCUT2D eigenvalue weighted by atomic mass is 10.1. The van der Waals surface area contributed by atoms with Crippen molar-refractivity contribution in [3.8, 4) is 11.3 Å². The Kier molecular flexibility index (Phi) is 4.37. The van der Waals surface area contributed by atoms with Crippen LogP contribution >= 0.6 is 11.3 Å². The van der Waals surface area contributed by atoms with Gasteiger partial charge in [0.25, 0.3) is 0 Å². The van der Waals surface area contributed by atoms with Gasteiger partial charge in [0.1, 0.15) is 5.01 Å². The second-order valence-corrected chi connectivity index (χ2v) is 6.46. The Hall–Kier alpha value is -1.24.